The van der Waals surface area contributed by atoms with Gasteiger partial charge in [0.05, 0.1) is 25.6 Å². The van der Waals surface area contributed by atoms with Gasteiger partial charge in [0.1, 0.15) is 24.9 Å². The van der Waals surface area contributed by atoms with Gasteiger partial charge in [-0.15, -0.1) is 0 Å². The number of nitrogens with one attached hydrogen (secondary N) is 2. The third-order valence-corrected chi connectivity index (χ3v) is 8.70. The minimum atomic E-state index is -1.02. The molecule has 4 heterocycles. The molecule has 0 saturated carbocycles. The average Bonchev–Trinajstić information content (AvgIpc) is 3.64. The van der Waals surface area contributed by atoms with Crippen LogP contribution in [0, 0.1) is 0 Å². The Balaban J connectivity index is 0.997. The zero-order valence-corrected chi connectivity index (χ0v) is 23.9. The quantitative estimate of drug-likeness (QED) is 0.270. The van der Waals surface area contributed by atoms with E-state index in [1.807, 2.05) is 66.7 Å². The molecule has 12 heteroatoms. The summed E-state index contributed by atoms with van der Waals surface area (Å²) in [7, 11) is 0. The third kappa shape index (κ3) is 4.88. The van der Waals surface area contributed by atoms with Gasteiger partial charge in [0, 0.05) is 11.5 Å². The summed E-state index contributed by atoms with van der Waals surface area (Å²) in [5.74, 6) is -0.230. The number of nitrogens with zero attached hydrogens (tertiary/aromatic N) is 3. The smallest absolute Gasteiger partial charge is 0.414 e. The van der Waals surface area contributed by atoms with Crippen LogP contribution in [0.3, 0.4) is 0 Å². The van der Waals surface area contributed by atoms with Crippen molar-refractivity contribution in [1.82, 2.24) is 19.5 Å². The molecule has 228 valence electrons. The van der Waals surface area contributed by atoms with E-state index in [0.29, 0.717) is 0 Å². The summed E-state index contributed by atoms with van der Waals surface area (Å²) in [5.41, 5.74) is 4.91. The van der Waals surface area contributed by atoms with Crippen molar-refractivity contribution < 1.29 is 28.8 Å². The van der Waals surface area contributed by atoms with Crippen molar-refractivity contribution in [3.8, 4) is 11.1 Å². The molecule has 1 aliphatic carbocycles. The molecule has 12 nitrogen and oxygen atoms in total. The van der Waals surface area contributed by atoms with Gasteiger partial charge in [-0.05, 0) is 22.3 Å². The second kappa shape index (κ2) is 11.2. The highest BCUT2D eigenvalue weighted by atomic mass is 16.7. The van der Waals surface area contributed by atoms with E-state index in [-0.39, 0.29) is 42.9 Å². The van der Waals surface area contributed by atoms with Gasteiger partial charge in [-0.25, -0.2) is 9.78 Å². The first-order chi connectivity index (χ1) is 22.0. The number of aromatic nitrogens is 4. The fraction of sp³-hybridized carbons (Fsp3) is 0.273. The van der Waals surface area contributed by atoms with E-state index in [4.69, 9.17) is 18.9 Å². The first-order valence-corrected chi connectivity index (χ1v) is 14.8. The molecule has 2 aliphatic heterocycles. The number of amides is 1. The van der Waals surface area contributed by atoms with Gasteiger partial charge in [0.15, 0.2) is 17.5 Å². The molecule has 3 N–H and O–H groups in total. The summed E-state index contributed by atoms with van der Waals surface area (Å²) in [6.45, 7) is 0.469. The SMILES string of the molecule is O=C(Nc1nc2c(ncn2C2COC3COC(c4ccccc4)O[C@H]3C2O)c(=O)[nH]1)OCC1c2ccccc2-c2ccccc21. The van der Waals surface area contributed by atoms with E-state index in [1.165, 1.54) is 6.33 Å². The summed E-state index contributed by atoms with van der Waals surface area (Å²) < 4.78 is 25.2. The minimum absolute atomic E-state index is 0.0532. The van der Waals surface area contributed by atoms with Crippen LogP contribution in [0.5, 0.6) is 0 Å². The topological polar surface area (TPSA) is 150 Å². The monoisotopic (exact) mass is 607 g/mol. The number of anilines is 1. The lowest BCUT2D eigenvalue weighted by Crippen LogP contribution is -2.56. The molecular weight excluding hydrogens is 578 g/mol. The molecular formula is C33H29N5O7. The lowest BCUT2D eigenvalue weighted by Gasteiger charge is -2.45. The van der Waals surface area contributed by atoms with Crippen molar-refractivity contribution in [2.75, 3.05) is 25.1 Å². The predicted octanol–water partition coefficient (Wildman–Crippen LogP) is 3.90. The number of rotatable bonds is 5. The van der Waals surface area contributed by atoms with Gasteiger partial charge in [-0.3, -0.25) is 15.1 Å². The first-order valence-electron chi connectivity index (χ1n) is 14.8. The molecule has 4 unspecified atom stereocenters. The van der Waals surface area contributed by atoms with Crippen molar-refractivity contribution in [1.29, 1.82) is 0 Å². The lowest BCUT2D eigenvalue weighted by atomic mass is 9.97. The number of ether oxygens (including phenoxy) is 4. The number of aliphatic hydroxyl groups excluding tert-OH is 1. The van der Waals surface area contributed by atoms with E-state index in [1.54, 1.807) is 4.57 Å². The number of carbonyl (C=O) groups is 1. The van der Waals surface area contributed by atoms with E-state index < -0.39 is 42.3 Å². The number of H-pyrrole nitrogens is 1. The van der Waals surface area contributed by atoms with Crippen LogP contribution in [0.4, 0.5) is 10.7 Å². The molecule has 2 fully saturated rings. The van der Waals surface area contributed by atoms with E-state index in [0.717, 1.165) is 27.8 Å². The Morgan fingerprint density at radius 2 is 1.69 bits per heavy atom. The van der Waals surface area contributed by atoms with Gasteiger partial charge in [-0.2, -0.15) is 4.98 Å². The van der Waals surface area contributed by atoms with Crippen molar-refractivity contribution in [2.45, 2.75) is 36.6 Å². The number of hydrogen-bond acceptors (Lipinski definition) is 9. The zero-order chi connectivity index (χ0) is 30.5. The number of fused-ring (bicyclic) bond motifs is 5. The highest BCUT2D eigenvalue weighted by Gasteiger charge is 2.46. The Morgan fingerprint density at radius 1 is 0.978 bits per heavy atom. The Kier molecular flexibility index (Phi) is 6.91. The molecule has 1 amide bonds. The summed E-state index contributed by atoms with van der Waals surface area (Å²) in [4.78, 5) is 37.1. The van der Waals surface area contributed by atoms with Crippen LogP contribution < -0.4 is 10.9 Å². The first kappa shape index (κ1) is 27.7. The number of aromatic amines is 1. The Labute approximate surface area is 256 Å². The molecule has 2 aromatic heterocycles. The van der Waals surface area contributed by atoms with Crippen LogP contribution in [0.2, 0.25) is 0 Å². The number of benzene rings is 3. The van der Waals surface area contributed by atoms with Crippen molar-refractivity contribution in [3.63, 3.8) is 0 Å². The molecule has 3 aliphatic rings. The van der Waals surface area contributed by atoms with Crippen LogP contribution in [0.25, 0.3) is 22.3 Å². The second-order valence-corrected chi connectivity index (χ2v) is 11.3. The van der Waals surface area contributed by atoms with Crippen LogP contribution in [-0.4, -0.2) is 68.9 Å². The van der Waals surface area contributed by atoms with Gasteiger partial charge >= 0.3 is 6.09 Å². The zero-order valence-electron chi connectivity index (χ0n) is 23.9. The fourth-order valence-electron chi connectivity index (χ4n) is 6.52. The van der Waals surface area contributed by atoms with Crippen LogP contribution in [-0.2, 0) is 18.9 Å². The third-order valence-electron chi connectivity index (χ3n) is 8.70. The predicted molar refractivity (Wildman–Crippen MR) is 162 cm³/mol. The highest BCUT2D eigenvalue weighted by molar-refractivity contribution is 5.84. The maximum Gasteiger partial charge on any atom is 0.414 e. The summed E-state index contributed by atoms with van der Waals surface area (Å²) in [5, 5.41) is 14.0. The lowest BCUT2D eigenvalue weighted by molar-refractivity contribution is -0.306. The second-order valence-electron chi connectivity index (χ2n) is 11.3. The average molecular weight is 608 g/mol. The molecule has 0 spiro atoms. The van der Waals surface area contributed by atoms with Crippen molar-refractivity contribution in [2.24, 2.45) is 0 Å². The van der Waals surface area contributed by atoms with Crippen molar-refractivity contribution >= 4 is 23.2 Å². The van der Waals surface area contributed by atoms with Crippen molar-refractivity contribution in [3.05, 3.63) is 112 Å². The van der Waals surface area contributed by atoms with E-state index in [2.05, 4.69) is 32.4 Å². The van der Waals surface area contributed by atoms with E-state index >= 15 is 0 Å². The van der Waals surface area contributed by atoms with Gasteiger partial charge in [0.25, 0.3) is 5.56 Å². The van der Waals surface area contributed by atoms with Crippen LogP contribution in [0.1, 0.15) is 34.9 Å². The van der Waals surface area contributed by atoms with Gasteiger partial charge in [-0.1, -0.05) is 78.9 Å². The molecule has 8 rings (SSSR count). The highest BCUT2D eigenvalue weighted by Crippen LogP contribution is 2.44. The Bertz CT molecular complexity index is 1900. The summed E-state index contributed by atoms with van der Waals surface area (Å²) >= 11 is 0. The minimum Gasteiger partial charge on any atom is -0.448 e. The molecule has 45 heavy (non-hydrogen) atoms. The molecule has 5 atom stereocenters. The number of carbonyl (C=O) groups excluding carboxylic acids is 1. The number of imidazole rings is 1. The maximum atomic E-state index is 12.9. The molecule has 2 saturated heterocycles. The fourth-order valence-corrected chi connectivity index (χ4v) is 6.52. The molecule has 0 bridgehead atoms. The normalized spacial score (nSPS) is 24.1. The number of aliphatic hydroxyl groups is 1. The van der Waals surface area contributed by atoms with Gasteiger partial charge < -0.3 is 28.6 Å². The summed E-state index contributed by atoms with van der Waals surface area (Å²) in [6, 6.07) is 24.9. The number of hydrogen-bond donors (Lipinski definition) is 3. The molecule has 0 radical (unpaired) electrons. The van der Waals surface area contributed by atoms with Crippen LogP contribution in [0.15, 0.2) is 90.0 Å². The largest absolute Gasteiger partial charge is 0.448 e. The Morgan fingerprint density at radius 3 is 2.44 bits per heavy atom. The maximum absolute atomic E-state index is 12.9. The van der Waals surface area contributed by atoms with Crippen LogP contribution >= 0.6 is 0 Å². The molecule has 5 aromatic rings. The van der Waals surface area contributed by atoms with Gasteiger partial charge in [0.2, 0.25) is 5.95 Å². The summed E-state index contributed by atoms with van der Waals surface area (Å²) in [6.07, 6.45) is -2.17. The molecule has 3 aromatic carbocycles. The standard InChI is InChI=1S/C33H29N5O7/c39-27-24(15-42-25-16-43-31(45-28(25)27)18-8-2-1-3-9-18)38-17-34-26-29(38)35-32(36-30(26)40)37-33(41)44-14-23-21-12-6-4-10-19(21)20-11-5-7-13-22(20)23/h1-13,17,23-25,27-28,31,39H,14-16H2,(H2,35,36,37,40,41)/t24?,25?,27?,28-,31?/m1/s1. The van der Waals surface area contributed by atoms with E-state index in [9.17, 15) is 14.7 Å². The Hall–Kier alpha value is -4.88.